The molecule has 0 radical (unpaired) electrons. The second-order valence-electron chi connectivity index (χ2n) is 6.22. The van der Waals surface area contributed by atoms with Gasteiger partial charge in [0.1, 0.15) is 11.5 Å². The highest BCUT2D eigenvalue weighted by atomic mass is 32.2. The molecule has 0 fully saturated rings. The van der Waals surface area contributed by atoms with Gasteiger partial charge in [0.2, 0.25) is 10.0 Å². The average Bonchev–Trinajstić information content (AvgIpc) is 2.72. The lowest BCUT2D eigenvalue weighted by atomic mass is 10.1. The Morgan fingerprint density at radius 3 is 2.21 bits per heavy atom. The summed E-state index contributed by atoms with van der Waals surface area (Å²) < 4.78 is 84.6. The molecular weight excluding hydrogens is 474 g/mol. The first-order chi connectivity index (χ1) is 15.5. The predicted molar refractivity (Wildman–Crippen MR) is 107 cm³/mol. The van der Waals surface area contributed by atoms with Gasteiger partial charge in [-0.1, -0.05) is 0 Å². The summed E-state index contributed by atoms with van der Waals surface area (Å²) in [4.78, 5) is 22.6. The Balaban J connectivity index is 2.16. The monoisotopic (exact) mass is 491 g/mol. The van der Waals surface area contributed by atoms with E-state index >= 15 is 0 Å². The summed E-state index contributed by atoms with van der Waals surface area (Å²) in [5.41, 5.74) is 0.0387. The molecule has 0 amide bonds. The molecule has 0 spiro atoms. The molecule has 33 heavy (non-hydrogen) atoms. The van der Waals surface area contributed by atoms with Gasteiger partial charge in [0.15, 0.2) is 5.78 Å². The summed E-state index contributed by atoms with van der Waals surface area (Å²) in [6.45, 7) is -6.74. The molecule has 13 heteroatoms. The van der Waals surface area contributed by atoms with Gasteiger partial charge < -0.3 is 14.6 Å². The molecule has 0 atom stereocenters. The molecule has 0 unspecified atom stereocenters. The van der Waals surface area contributed by atoms with E-state index in [9.17, 15) is 35.6 Å². The lowest BCUT2D eigenvalue weighted by Gasteiger charge is -2.11. The molecule has 0 heterocycles. The lowest BCUT2D eigenvalue weighted by Crippen LogP contribution is -2.26. The summed E-state index contributed by atoms with van der Waals surface area (Å²) in [5, 5.41) is 8.56. The molecule has 0 aliphatic carbocycles. The van der Waals surface area contributed by atoms with Crippen molar-refractivity contribution in [2.75, 3.05) is 6.54 Å². The Morgan fingerprint density at radius 1 is 1.00 bits per heavy atom. The molecule has 0 bridgehead atoms. The first kappa shape index (κ1) is 25.8. The smallest absolute Gasteiger partial charge is 0.387 e. The number of carbonyl (C=O) groups is 2. The number of hydrogen-bond acceptors (Lipinski definition) is 6. The number of benzene rings is 2. The second-order valence-corrected chi connectivity index (χ2v) is 7.99. The number of ketones is 1. The number of alkyl halides is 4. The fraction of sp³-hybridized carbons (Fsp3) is 0.200. The van der Waals surface area contributed by atoms with Crippen LogP contribution in [-0.2, 0) is 14.8 Å². The van der Waals surface area contributed by atoms with Crippen molar-refractivity contribution < 1.29 is 50.1 Å². The number of aliphatic carboxylic acids is 1. The molecule has 0 aromatic heterocycles. The first-order valence-electron chi connectivity index (χ1n) is 9.05. The summed E-state index contributed by atoms with van der Waals surface area (Å²) in [6, 6.07) is 7.70. The largest absolute Gasteiger partial charge is 0.481 e. The highest BCUT2D eigenvalue weighted by Crippen LogP contribution is 2.28. The van der Waals surface area contributed by atoms with Crippen molar-refractivity contribution in [1.29, 1.82) is 0 Å². The van der Waals surface area contributed by atoms with Crippen molar-refractivity contribution in [2.24, 2.45) is 0 Å². The SMILES string of the molecule is O=C(O)CCNS(=O)(=O)c1ccc(C(=O)/C=C/c2ccc(OC(F)F)cc2OC(F)F)cc1. The Labute approximate surface area is 185 Å². The third-order valence-corrected chi connectivity index (χ3v) is 5.40. The third kappa shape index (κ3) is 8.20. The minimum absolute atomic E-state index is 0.0212. The van der Waals surface area contributed by atoms with E-state index < -0.39 is 52.9 Å². The van der Waals surface area contributed by atoms with Crippen LogP contribution in [0.1, 0.15) is 22.3 Å². The summed E-state index contributed by atoms with van der Waals surface area (Å²) in [5.74, 6) is -2.71. The van der Waals surface area contributed by atoms with Gasteiger partial charge in [-0.2, -0.15) is 17.6 Å². The van der Waals surface area contributed by atoms with E-state index in [1.807, 2.05) is 0 Å². The number of carboxylic acids is 1. The maximum Gasteiger partial charge on any atom is 0.387 e. The highest BCUT2D eigenvalue weighted by Gasteiger charge is 2.15. The van der Waals surface area contributed by atoms with Crippen molar-refractivity contribution in [1.82, 2.24) is 4.72 Å². The van der Waals surface area contributed by atoms with E-state index in [0.29, 0.717) is 0 Å². The molecule has 0 saturated carbocycles. The summed E-state index contributed by atoms with van der Waals surface area (Å²) in [6.07, 6.45) is 1.70. The highest BCUT2D eigenvalue weighted by molar-refractivity contribution is 7.89. The van der Waals surface area contributed by atoms with E-state index in [4.69, 9.17) is 5.11 Å². The standard InChI is InChI=1S/C20H17F4NO7S/c21-19(22)31-14-5-1-13(17(11-14)32-20(23)24)4-8-16(26)12-2-6-15(7-3-12)33(29,30)25-10-9-18(27)28/h1-8,11,19-20,25H,9-10H2,(H,27,28)/b8-4+. The summed E-state index contributed by atoms with van der Waals surface area (Å²) in [7, 11) is -3.98. The molecule has 0 saturated heterocycles. The number of halogens is 4. The lowest BCUT2D eigenvalue weighted by molar-refractivity contribution is -0.136. The van der Waals surface area contributed by atoms with Crippen molar-refractivity contribution >= 4 is 27.9 Å². The minimum Gasteiger partial charge on any atom is -0.481 e. The molecule has 2 aromatic rings. The van der Waals surface area contributed by atoms with Crippen LogP contribution < -0.4 is 14.2 Å². The number of hydrogen-bond donors (Lipinski definition) is 2. The second kappa shape index (κ2) is 11.4. The Morgan fingerprint density at radius 2 is 1.64 bits per heavy atom. The zero-order valence-corrected chi connectivity index (χ0v) is 17.4. The van der Waals surface area contributed by atoms with E-state index in [1.54, 1.807) is 0 Å². The maximum absolute atomic E-state index is 12.6. The van der Waals surface area contributed by atoms with Crippen LogP contribution in [-0.4, -0.2) is 45.0 Å². The van der Waals surface area contributed by atoms with Gasteiger partial charge in [-0.3, -0.25) is 9.59 Å². The molecular formula is C20H17F4NO7S. The van der Waals surface area contributed by atoms with E-state index in [-0.39, 0.29) is 22.6 Å². The van der Waals surface area contributed by atoms with Crippen molar-refractivity contribution in [3.63, 3.8) is 0 Å². The molecule has 0 aliphatic rings. The molecule has 0 aliphatic heterocycles. The Hall–Kier alpha value is -3.45. The predicted octanol–water partition coefficient (Wildman–Crippen LogP) is 3.54. The number of carboxylic acid groups (broad SMARTS) is 1. The van der Waals surface area contributed by atoms with Crippen LogP contribution in [0.2, 0.25) is 0 Å². The fourth-order valence-corrected chi connectivity index (χ4v) is 3.49. The van der Waals surface area contributed by atoms with Gasteiger partial charge in [0.05, 0.1) is 11.3 Å². The zero-order chi connectivity index (χ0) is 24.6. The van der Waals surface area contributed by atoms with Gasteiger partial charge >= 0.3 is 19.2 Å². The third-order valence-electron chi connectivity index (χ3n) is 3.92. The van der Waals surface area contributed by atoms with Gasteiger partial charge in [0, 0.05) is 23.7 Å². The van der Waals surface area contributed by atoms with Gasteiger partial charge in [-0.15, -0.1) is 0 Å². The average molecular weight is 491 g/mol. The molecule has 2 N–H and O–H groups in total. The quantitative estimate of drug-likeness (QED) is 0.265. The van der Waals surface area contributed by atoms with Crippen LogP contribution in [0.25, 0.3) is 6.08 Å². The van der Waals surface area contributed by atoms with Crippen LogP contribution in [0.15, 0.2) is 53.4 Å². The van der Waals surface area contributed by atoms with Gasteiger partial charge in [-0.25, -0.2) is 13.1 Å². The van der Waals surface area contributed by atoms with Gasteiger partial charge in [-0.05, 0) is 48.6 Å². The van der Waals surface area contributed by atoms with Crippen LogP contribution >= 0.6 is 0 Å². The normalized spacial score (nSPS) is 11.8. The number of rotatable bonds is 12. The van der Waals surface area contributed by atoms with Crippen molar-refractivity contribution in [3.8, 4) is 11.5 Å². The topological polar surface area (TPSA) is 119 Å². The van der Waals surface area contributed by atoms with E-state index in [0.717, 1.165) is 42.5 Å². The number of ether oxygens (including phenoxy) is 2. The Kier molecular flexibility index (Phi) is 8.94. The number of allylic oxidation sites excluding steroid dienone is 1. The van der Waals surface area contributed by atoms with E-state index in [2.05, 4.69) is 14.2 Å². The van der Waals surface area contributed by atoms with Crippen LogP contribution in [0.4, 0.5) is 17.6 Å². The number of sulfonamides is 1. The van der Waals surface area contributed by atoms with Crippen LogP contribution in [0.3, 0.4) is 0 Å². The van der Waals surface area contributed by atoms with Gasteiger partial charge in [0.25, 0.3) is 0 Å². The molecule has 2 rings (SSSR count). The number of nitrogens with one attached hydrogen (secondary N) is 1. The summed E-state index contributed by atoms with van der Waals surface area (Å²) >= 11 is 0. The molecule has 2 aromatic carbocycles. The van der Waals surface area contributed by atoms with Crippen molar-refractivity contribution in [2.45, 2.75) is 24.5 Å². The first-order valence-corrected chi connectivity index (χ1v) is 10.5. The Bertz CT molecular complexity index is 1120. The van der Waals surface area contributed by atoms with Crippen molar-refractivity contribution in [3.05, 3.63) is 59.7 Å². The minimum atomic E-state index is -3.98. The zero-order valence-electron chi connectivity index (χ0n) is 16.6. The number of carbonyl (C=O) groups excluding carboxylic acids is 1. The van der Waals surface area contributed by atoms with Crippen LogP contribution in [0, 0.1) is 0 Å². The fourth-order valence-electron chi connectivity index (χ4n) is 2.46. The molecule has 8 nitrogen and oxygen atoms in total. The molecule has 178 valence electrons. The maximum atomic E-state index is 12.6. The van der Waals surface area contributed by atoms with Crippen LogP contribution in [0.5, 0.6) is 11.5 Å². The van der Waals surface area contributed by atoms with E-state index in [1.165, 1.54) is 12.1 Å².